The van der Waals surface area contributed by atoms with Gasteiger partial charge >= 0.3 is 0 Å². The van der Waals surface area contributed by atoms with E-state index in [0.29, 0.717) is 0 Å². The fraction of sp³-hybridized carbons (Fsp3) is 0.417. The molecule has 0 aromatic heterocycles. The number of amides is 1. The van der Waals surface area contributed by atoms with Crippen LogP contribution in [0.1, 0.15) is 22.1 Å². The van der Waals surface area contributed by atoms with Crippen LogP contribution in [-0.4, -0.2) is 37.1 Å². The van der Waals surface area contributed by atoms with E-state index in [1.807, 2.05) is 24.3 Å². The summed E-state index contributed by atoms with van der Waals surface area (Å²) < 4.78 is 5.32. The van der Waals surface area contributed by atoms with Crippen LogP contribution in [0.3, 0.4) is 0 Å². The molecule has 16 heavy (non-hydrogen) atoms. The normalized spacial score (nSPS) is 25.2. The van der Waals surface area contributed by atoms with Crippen LogP contribution in [0, 0.1) is 0 Å². The molecule has 1 aromatic rings. The Morgan fingerprint density at radius 1 is 1.25 bits per heavy atom. The van der Waals surface area contributed by atoms with Crippen LogP contribution in [-0.2, 0) is 4.74 Å². The molecule has 2 aliphatic rings. The Kier molecular flexibility index (Phi) is 2.38. The second kappa shape index (κ2) is 3.88. The maximum Gasteiger partial charge on any atom is 0.253 e. The van der Waals surface area contributed by atoms with E-state index in [2.05, 4.69) is 10.2 Å². The van der Waals surface area contributed by atoms with Crippen molar-refractivity contribution in [3.05, 3.63) is 35.4 Å². The number of nitrogens with zero attached hydrogens (tertiary/aromatic N) is 1. The maximum absolute atomic E-state index is 11.7. The van der Waals surface area contributed by atoms with Crippen molar-refractivity contribution in [1.82, 2.24) is 10.2 Å². The first-order chi connectivity index (χ1) is 7.86. The smallest absolute Gasteiger partial charge is 0.253 e. The molecule has 3 rings (SSSR count). The molecule has 2 aliphatic heterocycles. The van der Waals surface area contributed by atoms with Crippen LogP contribution >= 0.6 is 0 Å². The van der Waals surface area contributed by atoms with Crippen LogP contribution in [0.5, 0.6) is 0 Å². The van der Waals surface area contributed by atoms with Crippen LogP contribution < -0.4 is 5.32 Å². The highest BCUT2D eigenvalue weighted by atomic mass is 16.5. The first kappa shape index (κ1) is 9.81. The predicted molar refractivity (Wildman–Crippen MR) is 59.0 cm³/mol. The number of hydrogen-bond acceptors (Lipinski definition) is 3. The summed E-state index contributed by atoms with van der Waals surface area (Å²) in [6.45, 7) is 3.24. The molecule has 1 N–H and O–H groups in total. The highest BCUT2D eigenvalue weighted by molar-refractivity contribution is 5.99. The molecule has 1 saturated heterocycles. The van der Waals surface area contributed by atoms with E-state index < -0.39 is 0 Å². The first-order valence-electron chi connectivity index (χ1n) is 5.58. The Morgan fingerprint density at radius 2 is 2.00 bits per heavy atom. The molecule has 0 spiro atoms. The van der Waals surface area contributed by atoms with E-state index in [4.69, 9.17) is 4.74 Å². The third-order valence-corrected chi connectivity index (χ3v) is 3.18. The van der Waals surface area contributed by atoms with Gasteiger partial charge in [0.1, 0.15) is 6.17 Å². The summed E-state index contributed by atoms with van der Waals surface area (Å²) in [6, 6.07) is 7.78. The lowest BCUT2D eigenvalue weighted by molar-refractivity contribution is 0.0110. The van der Waals surface area contributed by atoms with Gasteiger partial charge in [0.15, 0.2) is 0 Å². The van der Waals surface area contributed by atoms with Gasteiger partial charge in [0.25, 0.3) is 5.91 Å². The van der Waals surface area contributed by atoms with E-state index in [9.17, 15) is 4.79 Å². The lowest BCUT2D eigenvalue weighted by Gasteiger charge is -2.32. The molecule has 0 saturated carbocycles. The Hall–Kier alpha value is -1.39. The summed E-state index contributed by atoms with van der Waals surface area (Å²) in [5.74, 6) is 0.0343. The number of ether oxygens (including phenoxy) is 1. The van der Waals surface area contributed by atoms with Crippen molar-refractivity contribution in [2.24, 2.45) is 0 Å². The molecule has 4 nitrogen and oxygen atoms in total. The average Bonchev–Trinajstić information content (AvgIpc) is 2.69. The molecule has 84 valence electrons. The monoisotopic (exact) mass is 218 g/mol. The molecule has 1 amide bonds. The molecular formula is C12H14N2O2. The SMILES string of the molecule is O=C1NC(N2CCOCC2)c2ccccc21. The minimum Gasteiger partial charge on any atom is -0.379 e. The first-order valence-corrected chi connectivity index (χ1v) is 5.58. The van der Waals surface area contributed by atoms with Crippen molar-refractivity contribution in [2.75, 3.05) is 26.3 Å². The molecule has 2 heterocycles. The third-order valence-electron chi connectivity index (χ3n) is 3.18. The number of benzene rings is 1. The number of nitrogens with one attached hydrogen (secondary N) is 1. The molecule has 0 aliphatic carbocycles. The molecule has 1 atom stereocenters. The van der Waals surface area contributed by atoms with E-state index in [-0.39, 0.29) is 12.1 Å². The van der Waals surface area contributed by atoms with Gasteiger partial charge in [-0.25, -0.2) is 0 Å². The van der Waals surface area contributed by atoms with Crippen molar-refractivity contribution in [2.45, 2.75) is 6.17 Å². The molecule has 0 bridgehead atoms. The number of hydrogen-bond donors (Lipinski definition) is 1. The summed E-state index contributed by atoms with van der Waals surface area (Å²) in [5.41, 5.74) is 1.90. The number of carbonyl (C=O) groups excluding carboxylic acids is 1. The zero-order valence-corrected chi connectivity index (χ0v) is 8.98. The van der Waals surface area contributed by atoms with Gasteiger partial charge in [-0.05, 0) is 6.07 Å². The topological polar surface area (TPSA) is 41.6 Å². The minimum absolute atomic E-state index is 0.0343. The van der Waals surface area contributed by atoms with E-state index in [1.165, 1.54) is 0 Å². The summed E-state index contributed by atoms with van der Waals surface area (Å²) in [6.07, 6.45) is 0.0348. The quantitative estimate of drug-likeness (QED) is 0.756. The zero-order valence-electron chi connectivity index (χ0n) is 8.98. The lowest BCUT2D eigenvalue weighted by Crippen LogP contribution is -2.43. The van der Waals surface area contributed by atoms with Gasteiger partial charge in [-0.2, -0.15) is 0 Å². The lowest BCUT2D eigenvalue weighted by atomic mass is 10.1. The second-order valence-electron chi connectivity index (χ2n) is 4.11. The van der Waals surface area contributed by atoms with Gasteiger partial charge in [-0.1, -0.05) is 18.2 Å². The molecule has 1 fully saturated rings. The fourth-order valence-corrected chi connectivity index (χ4v) is 2.35. The van der Waals surface area contributed by atoms with Gasteiger partial charge in [-0.15, -0.1) is 0 Å². The highest BCUT2D eigenvalue weighted by Gasteiger charge is 2.32. The summed E-state index contributed by atoms with van der Waals surface area (Å²) >= 11 is 0. The molecule has 4 heteroatoms. The van der Waals surface area contributed by atoms with E-state index in [0.717, 1.165) is 37.4 Å². The van der Waals surface area contributed by atoms with Gasteiger partial charge in [-0.3, -0.25) is 9.69 Å². The van der Waals surface area contributed by atoms with Crippen LogP contribution in [0.25, 0.3) is 0 Å². The van der Waals surface area contributed by atoms with Crippen LogP contribution in [0.2, 0.25) is 0 Å². The molecule has 1 unspecified atom stereocenters. The Balaban J connectivity index is 1.90. The Bertz CT molecular complexity index is 413. The molecular weight excluding hydrogens is 204 g/mol. The summed E-state index contributed by atoms with van der Waals surface area (Å²) in [7, 11) is 0. The Labute approximate surface area is 94.2 Å². The van der Waals surface area contributed by atoms with E-state index in [1.54, 1.807) is 0 Å². The van der Waals surface area contributed by atoms with Gasteiger partial charge in [0.05, 0.1) is 13.2 Å². The average molecular weight is 218 g/mol. The van der Waals surface area contributed by atoms with Gasteiger partial charge < -0.3 is 10.1 Å². The maximum atomic E-state index is 11.7. The highest BCUT2D eigenvalue weighted by Crippen LogP contribution is 2.28. The number of morpholine rings is 1. The predicted octanol–water partition coefficient (Wildman–Crippen LogP) is 0.761. The van der Waals surface area contributed by atoms with Crippen molar-refractivity contribution >= 4 is 5.91 Å². The summed E-state index contributed by atoms with van der Waals surface area (Å²) in [4.78, 5) is 14.0. The van der Waals surface area contributed by atoms with Crippen molar-refractivity contribution in [3.8, 4) is 0 Å². The van der Waals surface area contributed by atoms with Crippen molar-refractivity contribution < 1.29 is 9.53 Å². The van der Waals surface area contributed by atoms with Crippen molar-refractivity contribution in [1.29, 1.82) is 0 Å². The summed E-state index contributed by atoms with van der Waals surface area (Å²) in [5, 5.41) is 3.02. The fourth-order valence-electron chi connectivity index (χ4n) is 2.35. The van der Waals surface area contributed by atoms with Crippen molar-refractivity contribution in [3.63, 3.8) is 0 Å². The largest absolute Gasteiger partial charge is 0.379 e. The standard InChI is InChI=1S/C12H14N2O2/c15-12-10-4-2-1-3-9(10)11(13-12)14-5-7-16-8-6-14/h1-4,11H,5-8H2,(H,13,15). The van der Waals surface area contributed by atoms with Gasteiger partial charge in [0.2, 0.25) is 0 Å². The van der Waals surface area contributed by atoms with Gasteiger partial charge in [0, 0.05) is 24.2 Å². The third kappa shape index (κ3) is 1.50. The Morgan fingerprint density at radius 3 is 2.81 bits per heavy atom. The zero-order chi connectivity index (χ0) is 11.0. The minimum atomic E-state index is 0.0343. The molecule has 0 radical (unpaired) electrons. The number of carbonyl (C=O) groups is 1. The van der Waals surface area contributed by atoms with E-state index >= 15 is 0 Å². The molecule has 1 aromatic carbocycles. The van der Waals surface area contributed by atoms with Crippen LogP contribution in [0.15, 0.2) is 24.3 Å². The second-order valence-corrected chi connectivity index (χ2v) is 4.11. The number of rotatable bonds is 1. The van der Waals surface area contributed by atoms with Crippen LogP contribution in [0.4, 0.5) is 0 Å². The number of fused-ring (bicyclic) bond motifs is 1.